The molecule has 0 aliphatic carbocycles. The summed E-state index contributed by atoms with van der Waals surface area (Å²) in [6.45, 7) is 5.68. The summed E-state index contributed by atoms with van der Waals surface area (Å²) in [7, 11) is 0. The van der Waals surface area contributed by atoms with Crippen LogP contribution in [-0.4, -0.2) is 54.5 Å². The molecule has 1 atom stereocenters. The van der Waals surface area contributed by atoms with Crippen LogP contribution in [-0.2, 0) is 23.9 Å². The lowest BCUT2D eigenvalue weighted by Crippen LogP contribution is -2.54. The summed E-state index contributed by atoms with van der Waals surface area (Å²) in [5.41, 5.74) is -0.797. The maximum atomic E-state index is 13.1. The van der Waals surface area contributed by atoms with Crippen LogP contribution < -0.4 is 10.6 Å². The number of hydrogen-bond donors (Lipinski definition) is 2. The van der Waals surface area contributed by atoms with Crippen LogP contribution >= 0.6 is 0 Å². The molecule has 0 aromatic rings. The Bertz CT molecular complexity index is 496. The molecule has 0 rings (SSSR count). The van der Waals surface area contributed by atoms with Crippen molar-refractivity contribution in [3.8, 4) is 0 Å². The number of carbonyl (C=O) groups excluding carboxylic acids is 4. The Kier molecular flexibility index (Phi) is 7.75. The molecule has 2 amide bonds. The zero-order valence-corrected chi connectivity index (χ0v) is 14.2. The van der Waals surface area contributed by atoms with E-state index in [1.807, 2.05) is 5.32 Å². The molecule has 0 aromatic heterocycles. The van der Waals surface area contributed by atoms with Gasteiger partial charge in [-0.2, -0.15) is 8.78 Å². The van der Waals surface area contributed by atoms with Crippen molar-refractivity contribution in [1.29, 1.82) is 0 Å². The van der Waals surface area contributed by atoms with Gasteiger partial charge in [0.15, 0.2) is 6.04 Å². The van der Waals surface area contributed by atoms with Gasteiger partial charge in [0.1, 0.15) is 12.1 Å². The predicted molar refractivity (Wildman–Crippen MR) is 78.4 cm³/mol. The largest absolute Gasteiger partial charge is 0.464 e. The third kappa shape index (κ3) is 8.39. The number of esters is 1. The fourth-order valence-corrected chi connectivity index (χ4v) is 1.39. The second-order valence-electron chi connectivity index (χ2n) is 5.86. The van der Waals surface area contributed by atoms with E-state index in [0.717, 1.165) is 0 Å². The molecule has 10 heteroatoms. The van der Waals surface area contributed by atoms with Crippen molar-refractivity contribution >= 4 is 23.8 Å². The Morgan fingerprint density at radius 2 is 1.62 bits per heavy atom. The molecule has 138 valence electrons. The number of rotatable bonds is 7. The minimum absolute atomic E-state index is 0.163. The van der Waals surface area contributed by atoms with Gasteiger partial charge < -0.3 is 20.1 Å². The maximum Gasteiger partial charge on any atom is 0.408 e. The second-order valence-corrected chi connectivity index (χ2v) is 5.86. The summed E-state index contributed by atoms with van der Waals surface area (Å²) in [4.78, 5) is 46.2. The summed E-state index contributed by atoms with van der Waals surface area (Å²) >= 11 is 0. The maximum absolute atomic E-state index is 13.1. The van der Waals surface area contributed by atoms with Gasteiger partial charge in [0, 0.05) is 6.92 Å². The number of hydrogen-bond acceptors (Lipinski definition) is 6. The first-order chi connectivity index (χ1) is 10.8. The van der Waals surface area contributed by atoms with E-state index in [9.17, 15) is 28.0 Å². The summed E-state index contributed by atoms with van der Waals surface area (Å²) in [5.74, 6) is -8.00. The third-order valence-corrected chi connectivity index (χ3v) is 2.31. The number of ether oxygens (including phenoxy) is 2. The number of carbonyl (C=O) groups is 4. The van der Waals surface area contributed by atoms with E-state index in [0.29, 0.717) is 6.92 Å². The second kappa shape index (κ2) is 8.55. The van der Waals surface area contributed by atoms with Crippen LogP contribution in [0.1, 0.15) is 34.6 Å². The SMILES string of the molecule is CCOC(=O)C(NC(=O)CNC(=O)OC(C)(C)C)C(=O)C(C)(F)F. The van der Waals surface area contributed by atoms with Gasteiger partial charge in [-0.25, -0.2) is 9.59 Å². The summed E-state index contributed by atoms with van der Waals surface area (Å²) < 4.78 is 35.6. The van der Waals surface area contributed by atoms with E-state index in [1.54, 1.807) is 20.8 Å². The molecule has 1 unspecified atom stereocenters. The number of Topliss-reactive ketones (excluding diaryl/α,β-unsaturated/α-hetero) is 1. The lowest BCUT2D eigenvalue weighted by atomic mass is 10.1. The molecule has 0 aromatic carbocycles. The molecule has 0 saturated carbocycles. The molecule has 0 radical (unpaired) electrons. The fourth-order valence-electron chi connectivity index (χ4n) is 1.39. The highest BCUT2D eigenvalue weighted by Crippen LogP contribution is 2.16. The first-order valence-corrected chi connectivity index (χ1v) is 7.13. The van der Waals surface area contributed by atoms with Crippen LogP contribution in [0.25, 0.3) is 0 Å². The Hall–Kier alpha value is -2.26. The van der Waals surface area contributed by atoms with Crippen molar-refractivity contribution in [3.63, 3.8) is 0 Å². The topological polar surface area (TPSA) is 111 Å². The molecule has 8 nitrogen and oxygen atoms in total. The lowest BCUT2D eigenvalue weighted by Gasteiger charge is -2.21. The van der Waals surface area contributed by atoms with Crippen molar-refractivity contribution in [2.75, 3.05) is 13.2 Å². The van der Waals surface area contributed by atoms with Crippen LogP contribution in [0.2, 0.25) is 0 Å². The molecule has 0 spiro atoms. The van der Waals surface area contributed by atoms with Gasteiger partial charge in [-0.3, -0.25) is 9.59 Å². The van der Waals surface area contributed by atoms with Crippen LogP contribution in [0.3, 0.4) is 0 Å². The fraction of sp³-hybridized carbons (Fsp3) is 0.714. The van der Waals surface area contributed by atoms with Crippen molar-refractivity contribution in [3.05, 3.63) is 0 Å². The first kappa shape index (κ1) is 21.7. The lowest BCUT2D eigenvalue weighted by molar-refractivity contribution is -0.157. The number of alkyl halides is 2. The monoisotopic (exact) mass is 352 g/mol. The van der Waals surface area contributed by atoms with Crippen LogP contribution in [0.4, 0.5) is 13.6 Å². The van der Waals surface area contributed by atoms with E-state index in [2.05, 4.69) is 10.1 Å². The molecule has 0 bridgehead atoms. The Balaban J connectivity index is 4.80. The molecule has 0 aliphatic heterocycles. The van der Waals surface area contributed by atoms with Gasteiger partial charge in [-0.05, 0) is 27.7 Å². The number of amides is 2. The van der Waals surface area contributed by atoms with Gasteiger partial charge in [0.2, 0.25) is 11.7 Å². The number of halogens is 2. The average molecular weight is 352 g/mol. The quantitative estimate of drug-likeness (QED) is 0.517. The Morgan fingerprint density at radius 3 is 2.04 bits per heavy atom. The smallest absolute Gasteiger partial charge is 0.408 e. The highest BCUT2D eigenvalue weighted by Gasteiger charge is 2.43. The molecule has 2 N–H and O–H groups in total. The highest BCUT2D eigenvalue weighted by atomic mass is 19.3. The molecule has 0 saturated heterocycles. The summed E-state index contributed by atoms with van der Waals surface area (Å²) in [6.07, 6.45) is -0.919. The van der Waals surface area contributed by atoms with Crippen molar-refractivity contribution < 1.29 is 37.4 Å². The summed E-state index contributed by atoms with van der Waals surface area (Å²) in [6, 6.07) is -2.17. The minimum Gasteiger partial charge on any atom is -0.464 e. The number of ketones is 1. The van der Waals surface area contributed by atoms with Gasteiger partial charge in [-0.15, -0.1) is 0 Å². The molecular formula is C14H22F2N2O6. The zero-order chi connectivity index (χ0) is 19.1. The molecule has 0 aliphatic rings. The minimum atomic E-state index is -3.84. The van der Waals surface area contributed by atoms with E-state index >= 15 is 0 Å². The molecule has 0 fully saturated rings. The van der Waals surface area contributed by atoms with Crippen LogP contribution in [0.15, 0.2) is 0 Å². The third-order valence-electron chi connectivity index (χ3n) is 2.31. The van der Waals surface area contributed by atoms with Gasteiger partial charge in [0.25, 0.3) is 0 Å². The van der Waals surface area contributed by atoms with Crippen molar-refractivity contribution in [2.24, 2.45) is 0 Å². The average Bonchev–Trinajstić information content (AvgIpc) is 2.39. The zero-order valence-electron chi connectivity index (χ0n) is 14.2. The summed E-state index contributed by atoms with van der Waals surface area (Å²) in [5, 5.41) is 3.88. The standard InChI is InChI=1S/C14H22F2N2O6/c1-6-23-11(21)9(10(20)14(5,15)16)18-8(19)7-17-12(22)24-13(2,3)4/h9H,6-7H2,1-5H3,(H,17,22)(H,18,19). The molecule has 24 heavy (non-hydrogen) atoms. The van der Waals surface area contributed by atoms with Crippen molar-refractivity contribution in [1.82, 2.24) is 10.6 Å². The Labute approximate surface area is 138 Å². The highest BCUT2D eigenvalue weighted by molar-refractivity contribution is 6.08. The van der Waals surface area contributed by atoms with E-state index in [1.165, 1.54) is 6.92 Å². The van der Waals surface area contributed by atoms with E-state index in [4.69, 9.17) is 4.74 Å². The first-order valence-electron chi connectivity index (χ1n) is 7.13. The normalized spacial score (nSPS) is 12.8. The molecule has 0 heterocycles. The number of nitrogens with one attached hydrogen (secondary N) is 2. The van der Waals surface area contributed by atoms with Gasteiger partial charge in [0.05, 0.1) is 6.61 Å². The Morgan fingerprint density at radius 1 is 1.08 bits per heavy atom. The van der Waals surface area contributed by atoms with E-state index < -0.39 is 47.9 Å². The molecular weight excluding hydrogens is 330 g/mol. The number of alkyl carbamates (subject to hydrolysis) is 1. The van der Waals surface area contributed by atoms with Gasteiger partial charge >= 0.3 is 18.0 Å². The van der Waals surface area contributed by atoms with Crippen LogP contribution in [0.5, 0.6) is 0 Å². The van der Waals surface area contributed by atoms with Crippen molar-refractivity contribution in [2.45, 2.75) is 52.2 Å². The van der Waals surface area contributed by atoms with Gasteiger partial charge in [-0.1, -0.05) is 0 Å². The predicted octanol–water partition coefficient (Wildman–Crippen LogP) is 0.783. The van der Waals surface area contributed by atoms with E-state index in [-0.39, 0.29) is 6.61 Å². The van der Waals surface area contributed by atoms with Crippen LogP contribution in [0, 0.1) is 0 Å².